The van der Waals surface area contributed by atoms with Gasteiger partial charge in [0.15, 0.2) is 17.1 Å². The van der Waals surface area contributed by atoms with Gasteiger partial charge in [0, 0.05) is 6.54 Å². The van der Waals surface area contributed by atoms with Crippen LogP contribution in [0.2, 0.25) is 0 Å². The molecule has 3 N–H and O–H groups in total. The molecule has 4 aromatic rings. The van der Waals surface area contributed by atoms with Crippen LogP contribution in [-0.4, -0.2) is 47.5 Å². The summed E-state index contributed by atoms with van der Waals surface area (Å²) in [6.45, 7) is 2.75. The quantitative estimate of drug-likeness (QED) is 0.232. The Hall–Kier alpha value is -4.14. The smallest absolute Gasteiger partial charge is 0.257 e. The van der Waals surface area contributed by atoms with Crippen LogP contribution in [-0.2, 0) is 0 Å². The lowest BCUT2D eigenvalue weighted by Crippen LogP contribution is -2.25. The van der Waals surface area contributed by atoms with E-state index in [0.717, 1.165) is 24.8 Å². The van der Waals surface area contributed by atoms with Crippen LogP contribution in [0.15, 0.2) is 47.6 Å². The van der Waals surface area contributed by atoms with Crippen molar-refractivity contribution in [3.8, 4) is 11.5 Å². The van der Waals surface area contributed by atoms with Crippen molar-refractivity contribution < 1.29 is 14.3 Å². The van der Waals surface area contributed by atoms with E-state index >= 15 is 0 Å². The molecule has 0 fully saturated rings. The fraction of sp³-hybridized carbons (Fsp3) is 0.333. The highest BCUT2D eigenvalue weighted by atomic mass is 16.5. The number of benzene rings is 2. The summed E-state index contributed by atoms with van der Waals surface area (Å²) in [7, 11) is 3.16. The van der Waals surface area contributed by atoms with Crippen LogP contribution in [0.25, 0.3) is 22.2 Å². The van der Waals surface area contributed by atoms with Crippen LogP contribution in [0, 0.1) is 0 Å². The van der Waals surface area contributed by atoms with E-state index in [2.05, 4.69) is 17.3 Å². The highest BCUT2D eigenvalue weighted by Gasteiger charge is 2.24. The normalized spacial score (nSPS) is 11.4. The summed E-state index contributed by atoms with van der Waals surface area (Å²) in [6, 6.07) is 12.9. The van der Waals surface area contributed by atoms with Crippen molar-refractivity contribution in [1.82, 2.24) is 20.0 Å². The van der Waals surface area contributed by atoms with Crippen LogP contribution >= 0.6 is 0 Å². The lowest BCUT2D eigenvalue weighted by Gasteiger charge is -2.07. The number of para-hydroxylation sites is 2. The second-order valence-corrected chi connectivity index (χ2v) is 8.49. The number of hydrogen-bond acceptors (Lipinski definition) is 7. The van der Waals surface area contributed by atoms with Gasteiger partial charge in [-0.15, -0.1) is 0 Å². The molecule has 0 bridgehead atoms. The summed E-state index contributed by atoms with van der Waals surface area (Å²) < 4.78 is 12.1. The van der Waals surface area contributed by atoms with Gasteiger partial charge in [0.1, 0.15) is 16.9 Å². The molecule has 0 aliphatic rings. The molecule has 0 saturated heterocycles. The van der Waals surface area contributed by atoms with Crippen LogP contribution in [0.1, 0.15) is 54.9 Å². The number of nitrogens with two attached hydrogens (primary N) is 1. The van der Waals surface area contributed by atoms with Crippen molar-refractivity contribution in [3.63, 3.8) is 0 Å². The number of carbonyl (C=O) groups excluding carboxylic acids is 1. The van der Waals surface area contributed by atoms with E-state index in [1.165, 1.54) is 17.5 Å². The second kappa shape index (κ2) is 11.5. The van der Waals surface area contributed by atoms with Crippen LogP contribution in [0.5, 0.6) is 11.5 Å². The van der Waals surface area contributed by atoms with Crippen molar-refractivity contribution in [3.05, 3.63) is 53.6 Å². The summed E-state index contributed by atoms with van der Waals surface area (Å²) >= 11 is 0. The Kier molecular flexibility index (Phi) is 7.99. The van der Waals surface area contributed by atoms with Crippen LogP contribution in [0.4, 0.5) is 5.82 Å². The zero-order chi connectivity index (χ0) is 25.5. The van der Waals surface area contributed by atoms with Gasteiger partial charge in [-0.1, -0.05) is 44.7 Å². The number of hydrogen-bond donors (Lipinski definition) is 2. The fourth-order valence-corrected chi connectivity index (χ4v) is 4.06. The predicted molar refractivity (Wildman–Crippen MR) is 143 cm³/mol. The van der Waals surface area contributed by atoms with Crippen molar-refractivity contribution in [2.45, 2.75) is 39.0 Å². The van der Waals surface area contributed by atoms with Gasteiger partial charge in [-0.2, -0.15) is 9.78 Å². The summed E-state index contributed by atoms with van der Waals surface area (Å²) in [6.07, 6.45) is 7.16. The summed E-state index contributed by atoms with van der Waals surface area (Å²) in [5, 5.41) is 7.55. The number of aromatic nitrogens is 3. The van der Waals surface area contributed by atoms with Gasteiger partial charge in [0.25, 0.3) is 5.91 Å². The van der Waals surface area contributed by atoms with E-state index in [-0.39, 0.29) is 17.3 Å². The number of nitrogens with zero attached hydrogens (tertiary/aromatic N) is 4. The number of amides is 1. The lowest BCUT2D eigenvalue weighted by molar-refractivity contribution is 0.0955. The molecular weight excluding hydrogens is 456 g/mol. The Morgan fingerprint density at radius 2 is 1.75 bits per heavy atom. The molecule has 0 radical (unpaired) electrons. The Morgan fingerprint density at radius 1 is 1.03 bits per heavy atom. The summed E-state index contributed by atoms with van der Waals surface area (Å²) in [5.41, 5.74) is 9.72. The van der Waals surface area contributed by atoms with Gasteiger partial charge in [0.2, 0.25) is 0 Å². The van der Waals surface area contributed by atoms with Crippen molar-refractivity contribution in [1.29, 1.82) is 0 Å². The molecule has 0 unspecified atom stereocenters. The standard InChI is InChI=1S/C27H32N6O3/c1-4-5-6-7-10-15-29-27(34)23-24-26(32-20-12-9-8-11-19(20)31-24)33(25(23)28)30-17-18-13-14-21(35-2)22(16-18)36-3/h8-9,11-14,16-17H,4-7,10,15,28H2,1-3H3,(H,29,34). The number of unbranched alkanes of at least 4 members (excludes halogenated alkanes) is 4. The Balaban J connectivity index is 1.70. The largest absolute Gasteiger partial charge is 0.493 e. The number of methoxy groups -OCH3 is 2. The average molecular weight is 489 g/mol. The number of nitrogen functional groups attached to an aromatic ring is 1. The SMILES string of the molecule is CCCCCCCNC(=O)c1c(N)n(N=Cc2ccc(OC)c(OC)c2)c2nc3ccccc3nc12. The number of fused-ring (bicyclic) bond motifs is 2. The zero-order valence-electron chi connectivity index (χ0n) is 21.0. The minimum Gasteiger partial charge on any atom is -0.493 e. The van der Waals surface area contributed by atoms with Gasteiger partial charge in [-0.25, -0.2) is 9.97 Å². The Labute approximate surface area is 210 Å². The first-order valence-corrected chi connectivity index (χ1v) is 12.2. The molecule has 9 heteroatoms. The molecule has 36 heavy (non-hydrogen) atoms. The number of ether oxygens (including phenoxy) is 2. The van der Waals surface area contributed by atoms with E-state index in [1.807, 2.05) is 30.3 Å². The maximum atomic E-state index is 13.2. The molecule has 0 atom stereocenters. The third-order valence-electron chi connectivity index (χ3n) is 6.00. The first-order chi connectivity index (χ1) is 17.6. The molecule has 2 heterocycles. The van der Waals surface area contributed by atoms with E-state index in [0.29, 0.717) is 40.2 Å². The van der Waals surface area contributed by atoms with Gasteiger partial charge < -0.3 is 20.5 Å². The van der Waals surface area contributed by atoms with Crippen molar-refractivity contribution >= 4 is 40.1 Å². The highest BCUT2D eigenvalue weighted by molar-refractivity contribution is 6.10. The predicted octanol–water partition coefficient (Wildman–Crippen LogP) is 4.77. The third kappa shape index (κ3) is 5.25. The van der Waals surface area contributed by atoms with E-state index in [4.69, 9.17) is 25.2 Å². The van der Waals surface area contributed by atoms with Crippen molar-refractivity contribution in [2.75, 3.05) is 26.5 Å². The number of anilines is 1. The molecule has 2 aromatic carbocycles. The van der Waals surface area contributed by atoms with Gasteiger partial charge >= 0.3 is 0 Å². The minimum atomic E-state index is -0.280. The first kappa shape index (κ1) is 25.0. The summed E-state index contributed by atoms with van der Waals surface area (Å²) in [5.74, 6) is 1.10. The number of rotatable bonds is 11. The van der Waals surface area contributed by atoms with E-state index < -0.39 is 0 Å². The first-order valence-electron chi connectivity index (χ1n) is 12.2. The molecule has 4 rings (SSSR count). The van der Waals surface area contributed by atoms with Crippen LogP contribution in [0.3, 0.4) is 0 Å². The number of nitrogens with one attached hydrogen (secondary N) is 1. The second-order valence-electron chi connectivity index (χ2n) is 8.49. The Morgan fingerprint density at radius 3 is 2.47 bits per heavy atom. The molecular formula is C27H32N6O3. The maximum absolute atomic E-state index is 13.2. The highest BCUT2D eigenvalue weighted by Crippen LogP contribution is 2.29. The molecule has 0 saturated carbocycles. The average Bonchev–Trinajstić information content (AvgIpc) is 3.17. The van der Waals surface area contributed by atoms with E-state index in [9.17, 15) is 4.79 Å². The maximum Gasteiger partial charge on any atom is 0.257 e. The lowest BCUT2D eigenvalue weighted by atomic mass is 10.1. The van der Waals surface area contributed by atoms with Gasteiger partial charge in [-0.05, 0) is 42.3 Å². The molecule has 0 spiro atoms. The number of carbonyl (C=O) groups is 1. The molecule has 9 nitrogen and oxygen atoms in total. The van der Waals surface area contributed by atoms with E-state index in [1.54, 1.807) is 32.6 Å². The van der Waals surface area contributed by atoms with Gasteiger partial charge in [-0.3, -0.25) is 4.79 Å². The fourth-order valence-electron chi connectivity index (χ4n) is 4.06. The van der Waals surface area contributed by atoms with Gasteiger partial charge in [0.05, 0.1) is 31.5 Å². The zero-order valence-corrected chi connectivity index (χ0v) is 21.0. The third-order valence-corrected chi connectivity index (χ3v) is 6.00. The molecule has 0 aliphatic carbocycles. The molecule has 0 aliphatic heterocycles. The van der Waals surface area contributed by atoms with Crippen molar-refractivity contribution in [2.24, 2.45) is 5.10 Å². The summed E-state index contributed by atoms with van der Waals surface area (Å²) in [4.78, 5) is 22.6. The van der Waals surface area contributed by atoms with Crippen LogP contribution < -0.4 is 20.5 Å². The molecule has 1 amide bonds. The topological polar surface area (TPSA) is 117 Å². The monoisotopic (exact) mass is 488 g/mol. The minimum absolute atomic E-state index is 0.181. The molecule has 188 valence electrons. The Bertz CT molecular complexity index is 1400. The molecule has 2 aromatic heterocycles.